The molecule has 1 aromatic heterocycles. The number of nitrogens with zero attached hydrogens (tertiary/aromatic N) is 2. The number of likely N-dealkylation sites (tertiary alicyclic amines) is 2. The van der Waals surface area contributed by atoms with Crippen molar-refractivity contribution in [1.82, 2.24) is 9.80 Å². The van der Waals surface area contributed by atoms with Crippen LogP contribution >= 0.6 is 11.3 Å². The van der Waals surface area contributed by atoms with E-state index < -0.39 is 0 Å². The van der Waals surface area contributed by atoms with Crippen LogP contribution in [0, 0.1) is 5.92 Å². The number of carbonyl (C=O) groups excluding carboxylic acids is 2. The van der Waals surface area contributed by atoms with Crippen LogP contribution in [0.5, 0.6) is 0 Å². The highest BCUT2D eigenvalue weighted by atomic mass is 32.1. The average molecular weight is 395 g/mol. The number of hydrogen-bond donors (Lipinski definition) is 0. The molecule has 1 atom stereocenters. The molecule has 5 heteroatoms. The number of piperidine rings is 1. The van der Waals surface area contributed by atoms with Crippen LogP contribution in [0.4, 0.5) is 0 Å². The summed E-state index contributed by atoms with van der Waals surface area (Å²) < 4.78 is 0. The van der Waals surface area contributed by atoms with E-state index in [1.54, 1.807) is 17.4 Å². The standard InChI is InChI=1S/C23H26N2O2S/c26-22(11-10-18-6-2-1-3-7-18)24-15-12-19(13-16-24)23(27)25-14-4-8-20(25)21-9-5-17-28-21/h1-3,5-7,9-11,17,19-20H,4,8,12-16H2/b11-10+. The number of rotatable bonds is 4. The first-order chi connectivity index (χ1) is 13.7. The van der Waals surface area contributed by atoms with Crippen molar-refractivity contribution in [2.75, 3.05) is 19.6 Å². The molecule has 4 nitrogen and oxygen atoms in total. The van der Waals surface area contributed by atoms with Crippen LogP contribution in [0.15, 0.2) is 53.9 Å². The van der Waals surface area contributed by atoms with Gasteiger partial charge in [-0.1, -0.05) is 36.4 Å². The van der Waals surface area contributed by atoms with E-state index in [9.17, 15) is 9.59 Å². The molecule has 146 valence electrons. The lowest BCUT2D eigenvalue weighted by Gasteiger charge is -2.34. The monoisotopic (exact) mass is 394 g/mol. The highest BCUT2D eigenvalue weighted by Gasteiger charge is 2.36. The number of thiophene rings is 1. The highest BCUT2D eigenvalue weighted by molar-refractivity contribution is 7.10. The van der Waals surface area contributed by atoms with Crippen molar-refractivity contribution in [3.8, 4) is 0 Å². The summed E-state index contributed by atoms with van der Waals surface area (Å²) in [5.41, 5.74) is 1.02. The van der Waals surface area contributed by atoms with E-state index in [0.717, 1.165) is 37.8 Å². The smallest absolute Gasteiger partial charge is 0.246 e. The molecule has 0 radical (unpaired) electrons. The molecular weight excluding hydrogens is 368 g/mol. The summed E-state index contributed by atoms with van der Waals surface area (Å²) in [6.07, 6.45) is 7.17. The second-order valence-electron chi connectivity index (χ2n) is 7.55. The van der Waals surface area contributed by atoms with Crippen molar-refractivity contribution >= 4 is 29.2 Å². The molecule has 0 N–H and O–H groups in total. The van der Waals surface area contributed by atoms with Gasteiger partial charge < -0.3 is 9.80 Å². The lowest BCUT2D eigenvalue weighted by Crippen LogP contribution is -2.43. The first kappa shape index (κ1) is 18.9. The van der Waals surface area contributed by atoms with E-state index in [0.29, 0.717) is 13.1 Å². The molecular formula is C23H26N2O2S. The van der Waals surface area contributed by atoms with Gasteiger partial charge in [-0.25, -0.2) is 0 Å². The molecule has 0 aliphatic carbocycles. The second-order valence-corrected chi connectivity index (χ2v) is 8.53. The molecule has 2 aliphatic rings. The van der Waals surface area contributed by atoms with Gasteiger partial charge >= 0.3 is 0 Å². The van der Waals surface area contributed by atoms with Crippen molar-refractivity contribution in [2.24, 2.45) is 5.92 Å². The number of carbonyl (C=O) groups is 2. The molecule has 0 saturated carbocycles. The Morgan fingerprint density at radius 3 is 2.46 bits per heavy atom. The van der Waals surface area contributed by atoms with Gasteiger partial charge in [-0.15, -0.1) is 11.3 Å². The zero-order valence-corrected chi connectivity index (χ0v) is 16.8. The Kier molecular flexibility index (Phi) is 5.91. The van der Waals surface area contributed by atoms with Gasteiger partial charge in [0.15, 0.2) is 0 Å². The molecule has 0 spiro atoms. The zero-order valence-electron chi connectivity index (χ0n) is 16.0. The fourth-order valence-corrected chi connectivity index (χ4v) is 5.10. The third kappa shape index (κ3) is 4.20. The third-order valence-electron chi connectivity index (χ3n) is 5.78. The average Bonchev–Trinajstić information content (AvgIpc) is 3.44. The number of benzene rings is 1. The van der Waals surface area contributed by atoms with Crippen molar-refractivity contribution < 1.29 is 9.59 Å². The maximum atomic E-state index is 13.1. The summed E-state index contributed by atoms with van der Waals surface area (Å²) >= 11 is 1.74. The van der Waals surface area contributed by atoms with Crippen molar-refractivity contribution in [1.29, 1.82) is 0 Å². The first-order valence-electron chi connectivity index (χ1n) is 10.1. The minimum Gasteiger partial charge on any atom is -0.339 e. The van der Waals surface area contributed by atoms with Crippen LogP contribution in [0.1, 0.15) is 42.2 Å². The maximum absolute atomic E-state index is 13.1. The molecule has 2 fully saturated rings. The summed E-state index contributed by atoms with van der Waals surface area (Å²) in [4.78, 5) is 30.8. The van der Waals surface area contributed by atoms with Gasteiger partial charge in [0.05, 0.1) is 6.04 Å². The van der Waals surface area contributed by atoms with Crippen LogP contribution in [-0.2, 0) is 9.59 Å². The fraction of sp³-hybridized carbons (Fsp3) is 0.391. The first-order valence-corrected chi connectivity index (χ1v) is 11.0. The predicted molar refractivity (Wildman–Crippen MR) is 113 cm³/mol. The van der Waals surface area contributed by atoms with Gasteiger partial charge in [0.1, 0.15) is 0 Å². The van der Waals surface area contributed by atoms with E-state index >= 15 is 0 Å². The quantitative estimate of drug-likeness (QED) is 0.723. The molecule has 1 aromatic carbocycles. The Morgan fingerprint density at radius 2 is 1.75 bits per heavy atom. The highest BCUT2D eigenvalue weighted by Crippen LogP contribution is 2.36. The van der Waals surface area contributed by atoms with Crippen LogP contribution in [-0.4, -0.2) is 41.2 Å². The van der Waals surface area contributed by atoms with Crippen LogP contribution in [0.2, 0.25) is 0 Å². The SMILES string of the molecule is O=C(/C=C/c1ccccc1)N1CCC(C(=O)N2CCCC2c2cccs2)CC1. The molecule has 4 rings (SSSR count). The summed E-state index contributed by atoms with van der Waals surface area (Å²) in [5, 5.41) is 2.09. The lowest BCUT2D eigenvalue weighted by atomic mass is 9.94. The van der Waals surface area contributed by atoms with Crippen LogP contribution in [0.3, 0.4) is 0 Å². The van der Waals surface area contributed by atoms with Crippen molar-refractivity contribution in [3.63, 3.8) is 0 Å². The molecule has 2 saturated heterocycles. The van der Waals surface area contributed by atoms with Gasteiger partial charge in [-0.05, 0) is 48.8 Å². The lowest BCUT2D eigenvalue weighted by molar-refractivity contribution is -0.140. The summed E-state index contributed by atoms with van der Waals surface area (Å²) in [6, 6.07) is 14.3. The number of hydrogen-bond acceptors (Lipinski definition) is 3. The van der Waals surface area contributed by atoms with E-state index in [1.807, 2.05) is 41.3 Å². The van der Waals surface area contributed by atoms with E-state index in [1.165, 1.54) is 4.88 Å². The second kappa shape index (κ2) is 8.74. The normalized spacial score (nSPS) is 20.8. The van der Waals surface area contributed by atoms with Crippen molar-refractivity contribution in [3.05, 3.63) is 64.4 Å². The molecule has 2 amide bonds. The Morgan fingerprint density at radius 1 is 0.964 bits per heavy atom. The van der Waals surface area contributed by atoms with Gasteiger partial charge in [0.25, 0.3) is 0 Å². The predicted octanol–water partition coefficient (Wildman–Crippen LogP) is 4.36. The van der Waals surface area contributed by atoms with Gasteiger partial charge in [0, 0.05) is 36.5 Å². The molecule has 28 heavy (non-hydrogen) atoms. The van der Waals surface area contributed by atoms with Crippen LogP contribution in [0.25, 0.3) is 6.08 Å². The molecule has 1 unspecified atom stereocenters. The molecule has 2 aromatic rings. The fourth-order valence-electron chi connectivity index (χ4n) is 4.23. The summed E-state index contributed by atoms with van der Waals surface area (Å²) in [6.45, 7) is 2.18. The Hall–Kier alpha value is -2.40. The van der Waals surface area contributed by atoms with E-state index in [2.05, 4.69) is 22.4 Å². The minimum absolute atomic E-state index is 0.0346. The Balaban J connectivity index is 1.32. The number of amides is 2. The largest absolute Gasteiger partial charge is 0.339 e. The maximum Gasteiger partial charge on any atom is 0.246 e. The zero-order chi connectivity index (χ0) is 19.3. The topological polar surface area (TPSA) is 40.6 Å². The minimum atomic E-state index is 0.0346. The Bertz CT molecular complexity index is 824. The van der Waals surface area contributed by atoms with Crippen molar-refractivity contribution in [2.45, 2.75) is 31.7 Å². The van der Waals surface area contributed by atoms with E-state index in [4.69, 9.17) is 0 Å². The van der Waals surface area contributed by atoms with Gasteiger partial charge in [-0.2, -0.15) is 0 Å². The summed E-state index contributed by atoms with van der Waals surface area (Å²) in [5.74, 6) is 0.359. The van der Waals surface area contributed by atoms with E-state index in [-0.39, 0.29) is 23.8 Å². The van der Waals surface area contributed by atoms with Gasteiger partial charge in [0.2, 0.25) is 11.8 Å². The molecule has 0 bridgehead atoms. The molecule has 3 heterocycles. The van der Waals surface area contributed by atoms with Gasteiger partial charge in [-0.3, -0.25) is 9.59 Å². The summed E-state index contributed by atoms with van der Waals surface area (Å²) in [7, 11) is 0. The third-order valence-corrected chi connectivity index (χ3v) is 6.75. The Labute approximate surface area is 170 Å². The molecule has 2 aliphatic heterocycles. The van der Waals surface area contributed by atoms with Crippen LogP contribution < -0.4 is 0 Å².